The molecule has 0 saturated carbocycles. The molecule has 0 radical (unpaired) electrons. The fourth-order valence-electron chi connectivity index (χ4n) is 3.11. The van der Waals surface area contributed by atoms with Crippen LogP contribution in [-0.2, 0) is 6.54 Å². The van der Waals surface area contributed by atoms with Crippen LogP contribution in [0.5, 0.6) is 0 Å². The second-order valence-electron chi connectivity index (χ2n) is 6.54. The van der Waals surface area contributed by atoms with E-state index in [-0.39, 0.29) is 5.91 Å². The van der Waals surface area contributed by atoms with E-state index in [1.54, 1.807) is 34.3 Å². The van der Waals surface area contributed by atoms with Gasteiger partial charge in [0.05, 0.1) is 28.6 Å². The van der Waals surface area contributed by atoms with Crippen molar-refractivity contribution in [2.24, 2.45) is 0 Å². The molecule has 28 heavy (non-hydrogen) atoms. The van der Waals surface area contributed by atoms with Crippen LogP contribution in [0.15, 0.2) is 64.1 Å². The Balaban J connectivity index is 1.83. The van der Waals surface area contributed by atoms with E-state index in [4.69, 9.17) is 9.40 Å². The number of aryl methyl sites for hydroxylation is 2. The van der Waals surface area contributed by atoms with E-state index in [2.05, 4.69) is 19.1 Å². The van der Waals surface area contributed by atoms with Gasteiger partial charge in [-0.1, -0.05) is 35.6 Å². The minimum atomic E-state index is -0.0734. The Morgan fingerprint density at radius 3 is 2.61 bits per heavy atom. The van der Waals surface area contributed by atoms with Crippen LogP contribution in [-0.4, -0.2) is 17.1 Å². The zero-order valence-corrected chi connectivity index (χ0v) is 17.6. The number of rotatable bonds is 5. The molecular formula is C22H20N2O2S2. The molecule has 4 nitrogen and oxygen atoms in total. The van der Waals surface area contributed by atoms with Gasteiger partial charge in [0.1, 0.15) is 5.76 Å². The average Bonchev–Trinajstić information content (AvgIpc) is 3.39. The van der Waals surface area contributed by atoms with Gasteiger partial charge in [-0.05, 0) is 55.5 Å². The number of hydrogen-bond acceptors (Lipinski definition) is 5. The Hall–Kier alpha value is -2.57. The first kappa shape index (κ1) is 18.8. The van der Waals surface area contributed by atoms with Gasteiger partial charge in [0.25, 0.3) is 5.91 Å². The molecule has 1 amide bonds. The molecule has 6 heteroatoms. The monoisotopic (exact) mass is 408 g/mol. The molecule has 0 unspecified atom stereocenters. The summed E-state index contributed by atoms with van der Waals surface area (Å²) in [6.07, 6.45) is 3.61. The van der Waals surface area contributed by atoms with Crippen molar-refractivity contribution in [2.75, 3.05) is 11.2 Å². The fourth-order valence-corrected chi connectivity index (χ4v) is 4.81. The molecule has 4 rings (SSSR count). The number of hydrogen-bond donors (Lipinski definition) is 0. The van der Waals surface area contributed by atoms with E-state index in [1.165, 1.54) is 5.56 Å². The maximum absolute atomic E-state index is 13.5. The minimum Gasteiger partial charge on any atom is -0.467 e. The van der Waals surface area contributed by atoms with Crippen LogP contribution in [0.2, 0.25) is 0 Å². The van der Waals surface area contributed by atoms with Crippen LogP contribution in [0.4, 0.5) is 5.13 Å². The van der Waals surface area contributed by atoms with Crippen LogP contribution >= 0.6 is 23.1 Å². The zero-order valence-electron chi connectivity index (χ0n) is 15.9. The van der Waals surface area contributed by atoms with Crippen LogP contribution in [0, 0.1) is 13.8 Å². The maximum atomic E-state index is 13.5. The van der Waals surface area contributed by atoms with Crippen molar-refractivity contribution in [1.82, 2.24) is 4.98 Å². The molecule has 142 valence electrons. The van der Waals surface area contributed by atoms with Crippen molar-refractivity contribution in [3.63, 3.8) is 0 Å². The summed E-state index contributed by atoms with van der Waals surface area (Å²) in [5.74, 6) is 0.651. The Kier molecular flexibility index (Phi) is 5.24. The topological polar surface area (TPSA) is 46.3 Å². The lowest BCUT2D eigenvalue weighted by Crippen LogP contribution is -2.30. The smallest absolute Gasteiger partial charge is 0.261 e. The molecule has 0 aliphatic heterocycles. The Bertz CT molecular complexity index is 1090. The molecule has 2 heterocycles. The summed E-state index contributed by atoms with van der Waals surface area (Å²) in [6.45, 7) is 4.46. The highest BCUT2D eigenvalue weighted by atomic mass is 32.2. The van der Waals surface area contributed by atoms with Gasteiger partial charge in [-0.2, -0.15) is 0 Å². The number of anilines is 1. The average molecular weight is 409 g/mol. The minimum absolute atomic E-state index is 0.0734. The quantitative estimate of drug-likeness (QED) is 0.376. The van der Waals surface area contributed by atoms with Gasteiger partial charge in [-0.3, -0.25) is 9.69 Å². The van der Waals surface area contributed by atoms with Gasteiger partial charge in [0.15, 0.2) is 5.13 Å². The third kappa shape index (κ3) is 3.45. The van der Waals surface area contributed by atoms with Crippen molar-refractivity contribution >= 4 is 44.4 Å². The van der Waals surface area contributed by atoms with Gasteiger partial charge in [0, 0.05) is 4.90 Å². The fraction of sp³-hybridized carbons (Fsp3) is 0.182. The van der Waals surface area contributed by atoms with E-state index in [0.717, 1.165) is 26.4 Å². The SMILES string of the molecule is CSc1ccccc1C(=O)N(Cc1ccco1)c1nc2c(C)ccc(C)c2s1. The predicted molar refractivity (Wildman–Crippen MR) is 117 cm³/mol. The van der Waals surface area contributed by atoms with Gasteiger partial charge >= 0.3 is 0 Å². The van der Waals surface area contributed by atoms with Gasteiger partial charge in [-0.15, -0.1) is 11.8 Å². The van der Waals surface area contributed by atoms with E-state index >= 15 is 0 Å². The maximum Gasteiger partial charge on any atom is 0.261 e. The molecule has 0 aliphatic rings. The Morgan fingerprint density at radius 2 is 1.89 bits per heavy atom. The van der Waals surface area contributed by atoms with E-state index in [0.29, 0.717) is 17.2 Å². The molecule has 2 aromatic carbocycles. The van der Waals surface area contributed by atoms with Crippen LogP contribution < -0.4 is 4.90 Å². The molecule has 0 atom stereocenters. The standard InChI is InChI=1S/C22H20N2O2S2/c1-14-10-11-15(2)20-19(14)23-22(28-20)24(13-16-7-6-12-26-16)21(25)17-8-4-5-9-18(17)27-3/h4-12H,13H2,1-3H3. The molecule has 4 aromatic rings. The normalized spacial score (nSPS) is 11.1. The summed E-state index contributed by atoms with van der Waals surface area (Å²) in [4.78, 5) is 21.0. The number of benzene rings is 2. The number of carbonyl (C=O) groups excluding carboxylic acids is 1. The summed E-state index contributed by atoms with van der Waals surface area (Å²) < 4.78 is 6.64. The van der Waals surface area contributed by atoms with Gasteiger partial charge in [-0.25, -0.2) is 4.98 Å². The van der Waals surface area contributed by atoms with Gasteiger partial charge < -0.3 is 4.42 Å². The predicted octanol–water partition coefficient (Wildman–Crippen LogP) is 6.08. The highest BCUT2D eigenvalue weighted by Gasteiger charge is 2.25. The number of nitrogens with zero attached hydrogens (tertiary/aromatic N) is 2. The summed E-state index contributed by atoms with van der Waals surface area (Å²) in [5.41, 5.74) is 3.90. The van der Waals surface area contributed by atoms with Gasteiger partial charge in [0.2, 0.25) is 0 Å². The molecule has 0 fully saturated rings. The van der Waals surface area contributed by atoms with Crippen molar-refractivity contribution in [2.45, 2.75) is 25.3 Å². The lowest BCUT2D eigenvalue weighted by atomic mass is 10.1. The van der Waals surface area contributed by atoms with Crippen LogP contribution in [0.25, 0.3) is 10.2 Å². The first-order valence-electron chi connectivity index (χ1n) is 8.92. The highest BCUT2D eigenvalue weighted by molar-refractivity contribution is 7.98. The van der Waals surface area contributed by atoms with E-state index < -0.39 is 0 Å². The van der Waals surface area contributed by atoms with Crippen molar-refractivity contribution < 1.29 is 9.21 Å². The second-order valence-corrected chi connectivity index (χ2v) is 8.37. The third-order valence-corrected chi connectivity index (χ3v) is 6.65. The first-order valence-corrected chi connectivity index (χ1v) is 11.0. The largest absolute Gasteiger partial charge is 0.467 e. The van der Waals surface area contributed by atoms with Crippen molar-refractivity contribution in [3.8, 4) is 0 Å². The Morgan fingerprint density at radius 1 is 1.11 bits per heavy atom. The van der Waals surface area contributed by atoms with Crippen molar-refractivity contribution in [3.05, 3.63) is 77.2 Å². The van der Waals surface area contributed by atoms with Crippen LogP contribution in [0.1, 0.15) is 27.2 Å². The molecule has 2 aromatic heterocycles. The number of thiazole rings is 1. The number of amides is 1. The number of thioether (sulfide) groups is 1. The number of carbonyl (C=O) groups is 1. The Labute approximate surface area is 172 Å². The number of furan rings is 1. The van der Waals surface area contributed by atoms with Crippen molar-refractivity contribution in [1.29, 1.82) is 0 Å². The number of aromatic nitrogens is 1. The summed E-state index contributed by atoms with van der Waals surface area (Å²) in [7, 11) is 0. The van der Waals surface area contributed by atoms with E-state index in [9.17, 15) is 4.79 Å². The highest BCUT2D eigenvalue weighted by Crippen LogP contribution is 2.35. The molecule has 0 aliphatic carbocycles. The molecule has 0 saturated heterocycles. The zero-order chi connectivity index (χ0) is 19.7. The number of fused-ring (bicyclic) bond motifs is 1. The molecule has 0 spiro atoms. The van der Waals surface area contributed by atoms with E-state index in [1.807, 2.05) is 49.6 Å². The second kappa shape index (κ2) is 7.81. The summed E-state index contributed by atoms with van der Waals surface area (Å²) in [5, 5.41) is 0.685. The lowest BCUT2D eigenvalue weighted by molar-refractivity contribution is 0.0980. The van der Waals surface area contributed by atoms with Crippen LogP contribution in [0.3, 0.4) is 0 Å². The lowest BCUT2D eigenvalue weighted by Gasteiger charge is -2.20. The third-order valence-electron chi connectivity index (χ3n) is 4.64. The molecular weight excluding hydrogens is 388 g/mol. The summed E-state index contributed by atoms with van der Waals surface area (Å²) in [6, 6.07) is 15.6. The molecule has 0 N–H and O–H groups in total. The summed E-state index contributed by atoms with van der Waals surface area (Å²) >= 11 is 3.12. The molecule has 0 bridgehead atoms. The first-order chi connectivity index (χ1) is 13.6.